The highest BCUT2D eigenvalue weighted by atomic mass is 79.9. The minimum Gasteiger partial charge on any atom is -0.369 e. The summed E-state index contributed by atoms with van der Waals surface area (Å²) in [6.07, 6.45) is 0. The smallest absolute Gasteiger partial charge is 0.177 e. The van der Waals surface area contributed by atoms with Crippen LogP contribution in [0.3, 0.4) is 0 Å². The van der Waals surface area contributed by atoms with Crippen LogP contribution in [-0.2, 0) is 5.60 Å². The first kappa shape index (κ1) is 17.0. The maximum atomic E-state index is 11.4. The number of aliphatic hydroxyl groups is 1. The van der Waals surface area contributed by atoms with Crippen molar-refractivity contribution < 1.29 is 5.11 Å². The molecule has 0 amide bonds. The minimum atomic E-state index is -1.38. The minimum absolute atomic E-state index is 0.733. The predicted molar refractivity (Wildman–Crippen MR) is 105 cm³/mol. The van der Waals surface area contributed by atoms with Gasteiger partial charge in [-0.15, -0.1) is 0 Å². The molecule has 0 heterocycles. The molecule has 0 fully saturated rings. The van der Waals surface area contributed by atoms with E-state index in [4.69, 9.17) is 0 Å². The average Bonchev–Trinajstić information content (AvgIpc) is 2.62. The standard InChI is InChI=1S/C21H14Br2O/c22-19-10-6-17(7-11-19)21(24,18-8-12-20(23)13-9-18)15-14-16-4-2-1-3-5-16/h1-13,24H. The molecule has 3 aromatic rings. The lowest BCUT2D eigenvalue weighted by atomic mass is 9.86. The zero-order chi connectivity index (χ0) is 17.0. The summed E-state index contributed by atoms with van der Waals surface area (Å²) in [7, 11) is 0. The van der Waals surface area contributed by atoms with Crippen molar-refractivity contribution in [3.05, 3.63) is 104 Å². The van der Waals surface area contributed by atoms with E-state index >= 15 is 0 Å². The van der Waals surface area contributed by atoms with Gasteiger partial charge < -0.3 is 5.11 Å². The molecule has 0 aromatic heterocycles. The molecule has 1 nitrogen and oxygen atoms in total. The summed E-state index contributed by atoms with van der Waals surface area (Å²) in [5, 5.41) is 11.4. The van der Waals surface area contributed by atoms with E-state index in [-0.39, 0.29) is 0 Å². The van der Waals surface area contributed by atoms with Gasteiger partial charge in [-0.2, -0.15) is 0 Å². The van der Waals surface area contributed by atoms with Crippen LogP contribution in [0.5, 0.6) is 0 Å². The van der Waals surface area contributed by atoms with Crippen molar-refractivity contribution in [1.29, 1.82) is 0 Å². The third-order valence-corrected chi connectivity index (χ3v) is 4.74. The lowest BCUT2D eigenvalue weighted by Crippen LogP contribution is -2.25. The molecule has 0 saturated heterocycles. The van der Waals surface area contributed by atoms with Gasteiger partial charge in [-0.05, 0) is 36.4 Å². The zero-order valence-electron chi connectivity index (χ0n) is 12.7. The largest absolute Gasteiger partial charge is 0.369 e. The summed E-state index contributed by atoms with van der Waals surface area (Å²) < 4.78 is 1.92. The predicted octanol–water partition coefficient (Wildman–Crippen LogP) is 5.50. The molecule has 3 rings (SSSR count). The van der Waals surface area contributed by atoms with Crippen LogP contribution in [0.2, 0.25) is 0 Å². The molecule has 0 aliphatic heterocycles. The maximum Gasteiger partial charge on any atom is 0.177 e. The summed E-state index contributed by atoms with van der Waals surface area (Å²) in [5.74, 6) is 6.15. The molecule has 0 aliphatic carbocycles. The first-order valence-corrected chi connectivity index (χ1v) is 8.99. The van der Waals surface area contributed by atoms with Crippen LogP contribution in [0.4, 0.5) is 0 Å². The molecule has 0 bridgehead atoms. The van der Waals surface area contributed by atoms with Gasteiger partial charge in [0.05, 0.1) is 0 Å². The third-order valence-electron chi connectivity index (χ3n) is 3.69. The van der Waals surface area contributed by atoms with Crippen LogP contribution in [0, 0.1) is 11.8 Å². The van der Waals surface area contributed by atoms with E-state index < -0.39 is 5.60 Å². The Hall–Kier alpha value is -1.86. The van der Waals surface area contributed by atoms with E-state index in [1.54, 1.807) is 0 Å². The fourth-order valence-electron chi connectivity index (χ4n) is 2.38. The van der Waals surface area contributed by atoms with Gasteiger partial charge in [0.15, 0.2) is 5.60 Å². The van der Waals surface area contributed by atoms with Crippen molar-refractivity contribution in [3.63, 3.8) is 0 Å². The molecular formula is C21H14Br2O. The van der Waals surface area contributed by atoms with Crippen LogP contribution in [0.15, 0.2) is 87.8 Å². The number of benzene rings is 3. The topological polar surface area (TPSA) is 20.2 Å². The molecule has 0 saturated carbocycles. The van der Waals surface area contributed by atoms with Gasteiger partial charge in [-0.25, -0.2) is 0 Å². The summed E-state index contributed by atoms with van der Waals surface area (Å²) in [5.41, 5.74) is 0.954. The fraction of sp³-hybridized carbons (Fsp3) is 0.0476. The van der Waals surface area contributed by atoms with Gasteiger partial charge >= 0.3 is 0 Å². The Labute approximate surface area is 158 Å². The highest BCUT2D eigenvalue weighted by molar-refractivity contribution is 9.10. The Morgan fingerprint density at radius 2 is 1.12 bits per heavy atom. The van der Waals surface area contributed by atoms with Crippen LogP contribution < -0.4 is 0 Å². The molecule has 0 unspecified atom stereocenters. The van der Waals surface area contributed by atoms with Gasteiger partial charge in [-0.3, -0.25) is 0 Å². The monoisotopic (exact) mass is 440 g/mol. The zero-order valence-corrected chi connectivity index (χ0v) is 15.9. The molecule has 118 valence electrons. The van der Waals surface area contributed by atoms with Crippen LogP contribution in [0.1, 0.15) is 16.7 Å². The second-order valence-corrected chi connectivity index (χ2v) is 7.17. The van der Waals surface area contributed by atoms with Gasteiger partial charge in [-0.1, -0.05) is 86.2 Å². The maximum absolute atomic E-state index is 11.4. The number of hydrogen-bond donors (Lipinski definition) is 1. The summed E-state index contributed by atoms with van der Waals surface area (Å²) in [6, 6.07) is 24.8. The fourth-order valence-corrected chi connectivity index (χ4v) is 2.91. The molecule has 0 radical (unpaired) electrons. The molecule has 1 N–H and O–H groups in total. The Morgan fingerprint density at radius 1 is 0.667 bits per heavy atom. The van der Waals surface area contributed by atoms with Crippen molar-refractivity contribution in [2.24, 2.45) is 0 Å². The Bertz CT molecular complexity index is 828. The van der Waals surface area contributed by atoms with Crippen LogP contribution >= 0.6 is 31.9 Å². The molecule has 3 heteroatoms. The molecule has 24 heavy (non-hydrogen) atoms. The summed E-state index contributed by atoms with van der Waals surface area (Å²) in [6.45, 7) is 0. The molecule has 0 atom stereocenters. The highest BCUT2D eigenvalue weighted by Crippen LogP contribution is 2.31. The van der Waals surface area contributed by atoms with Crippen molar-refractivity contribution >= 4 is 31.9 Å². The Balaban J connectivity index is 2.12. The van der Waals surface area contributed by atoms with Crippen LogP contribution in [-0.4, -0.2) is 5.11 Å². The molecule has 0 aliphatic rings. The van der Waals surface area contributed by atoms with Gasteiger partial charge in [0.2, 0.25) is 0 Å². The summed E-state index contributed by atoms with van der Waals surface area (Å²) >= 11 is 6.86. The summed E-state index contributed by atoms with van der Waals surface area (Å²) in [4.78, 5) is 0. The Morgan fingerprint density at radius 3 is 1.58 bits per heavy atom. The third kappa shape index (κ3) is 3.79. The van der Waals surface area contributed by atoms with E-state index in [2.05, 4.69) is 43.7 Å². The second-order valence-electron chi connectivity index (χ2n) is 5.34. The Kier molecular flexibility index (Phi) is 5.20. The van der Waals surface area contributed by atoms with Gasteiger partial charge in [0.1, 0.15) is 0 Å². The lowest BCUT2D eigenvalue weighted by Gasteiger charge is -2.23. The molecule has 0 spiro atoms. The van der Waals surface area contributed by atoms with Crippen LogP contribution in [0.25, 0.3) is 0 Å². The van der Waals surface area contributed by atoms with Gasteiger partial charge in [0, 0.05) is 25.6 Å². The quantitative estimate of drug-likeness (QED) is 0.520. The van der Waals surface area contributed by atoms with Gasteiger partial charge in [0.25, 0.3) is 0 Å². The average molecular weight is 442 g/mol. The first-order valence-electron chi connectivity index (χ1n) is 7.40. The van der Waals surface area contributed by atoms with E-state index in [1.807, 2.05) is 78.9 Å². The van der Waals surface area contributed by atoms with Crippen molar-refractivity contribution in [3.8, 4) is 11.8 Å². The van der Waals surface area contributed by atoms with E-state index in [0.717, 1.165) is 25.6 Å². The van der Waals surface area contributed by atoms with Crippen molar-refractivity contribution in [2.45, 2.75) is 5.60 Å². The molecule has 3 aromatic carbocycles. The van der Waals surface area contributed by atoms with Crippen molar-refractivity contribution in [2.75, 3.05) is 0 Å². The number of hydrogen-bond acceptors (Lipinski definition) is 1. The SMILES string of the molecule is OC(C#Cc1ccccc1)(c1ccc(Br)cc1)c1ccc(Br)cc1. The normalized spacial score (nSPS) is 10.8. The second kappa shape index (κ2) is 7.36. The highest BCUT2D eigenvalue weighted by Gasteiger charge is 2.29. The number of rotatable bonds is 2. The molecular weight excluding hydrogens is 428 g/mol. The first-order chi connectivity index (χ1) is 11.6. The van der Waals surface area contributed by atoms with E-state index in [9.17, 15) is 5.11 Å². The number of halogens is 2. The lowest BCUT2D eigenvalue weighted by molar-refractivity contribution is 0.145. The van der Waals surface area contributed by atoms with E-state index in [1.165, 1.54) is 0 Å². The van der Waals surface area contributed by atoms with E-state index in [0.29, 0.717) is 0 Å². The van der Waals surface area contributed by atoms with Crippen molar-refractivity contribution in [1.82, 2.24) is 0 Å².